The van der Waals surface area contributed by atoms with Crippen LogP contribution in [-0.2, 0) is 23.6 Å². The summed E-state index contributed by atoms with van der Waals surface area (Å²) in [5, 5.41) is 0.126. The third-order valence-corrected chi connectivity index (χ3v) is 5.75. The van der Waals surface area contributed by atoms with Gasteiger partial charge in [-0.15, -0.1) is 0 Å². The van der Waals surface area contributed by atoms with Crippen LogP contribution in [-0.4, -0.2) is 58.3 Å². The molecular formula is C15H21N5O2S. The van der Waals surface area contributed by atoms with E-state index >= 15 is 0 Å². The summed E-state index contributed by atoms with van der Waals surface area (Å²) >= 11 is 0. The first kappa shape index (κ1) is 16.1. The molecule has 3 rings (SSSR count). The van der Waals surface area contributed by atoms with Crippen molar-refractivity contribution in [3.8, 4) is 0 Å². The number of imidazole rings is 1. The molecule has 3 heterocycles. The summed E-state index contributed by atoms with van der Waals surface area (Å²) in [5.41, 5.74) is 1.15. The number of sulfonamides is 1. The molecular weight excluding hydrogens is 314 g/mol. The Hall–Kier alpha value is -1.77. The van der Waals surface area contributed by atoms with E-state index in [2.05, 4.69) is 14.9 Å². The Kier molecular flexibility index (Phi) is 4.74. The van der Waals surface area contributed by atoms with Gasteiger partial charge >= 0.3 is 0 Å². The molecule has 0 amide bonds. The lowest BCUT2D eigenvalue weighted by Crippen LogP contribution is -2.35. The highest BCUT2D eigenvalue weighted by Gasteiger charge is 2.28. The van der Waals surface area contributed by atoms with Crippen LogP contribution >= 0.6 is 0 Å². The predicted molar refractivity (Wildman–Crippen MR) is 86.1 cm³/mol. The molecule has 0 aromatic carbocycles. The lowest BCUT2D eigenvalue weighted by molar-refractivity contribution is 0.278. The fraction of sp³-hybridized carbons (Fsp3) is 0.467. The second-order valence-electron chi connectivity index (χ2n) is 5.77. The van der Waals surface area contributed by atoms with E-state index in [1.165, 1.54) is 6.33 Å². The summed E-state index contributed by atoms with van der Waals surface area (Å²) in [7, 11) is -1.73. The molecule has 0 bridgehead atoms. The van der Waals surface area contributed by atoms with Crippen molar-refractivity contribution < 1.29 is 8.42 Å². The van der Waals surface area contributed by atoms with Gasteiger partial charge in [-0.1, -0.05) is 6.07 Å². The monoisotopic (exact) mass is 335 g/mol. The summed E-state index contributed by atoms with van der Waals surface area (Å²) in [6.07, 6.45) is 7.49. The molecule has 23 heavy (non-hydrogen) atoms. The number of hydrogen-bond acceptors (Lipinski definition) is 5. The molecule has 0 atom stereocenters. The van der Waals surface area contributed by atoms with Gasteiger partial charge in [0.2, 0.25) is 0 Å². The Morgan fingerprint density at radius 1 is 1.22 bits per heavy atom. The van der Waals surface area contributed by atoms with Gasteiger partial charge < -0.3 is 4.57 Å². The standard InChI is InChI=1S/C15H21N5O2S/c1-18-12-15(17-13-18)23(21,22)20-7-3-6-19(8-9-20)11-14-4-2-5-16-10-14/h2,4-5,10,12-13H,3,6-9,11H2,1H3. The highest BCUT2D eigenvalue weighted by atomic mass is 32.2. The van der Waals surface area contributed by atoms with Gasteiger partial charge in [0.05, 0.1) is 6.33 Å². The number of nitrogens with zero attached hydrogens (tertiary/aromatic N) is 5. The van der Waals surface area contributed by atoms with Gasteiger partial charge in [0.25, 0.3) is 10.0 Å². The fourth-order valence-corrected chi connectivity index (χ4v) is 4.19. The maximum absolute atomic E-state index is 12.6. The molecule has 2 aromatic heterocycles. The molecule has 0 unspecified atom stereocenters. The van der Waals surface area contributed by atoms with Crippen LogP contribution in [0.2, 0.25) is 0 Å². The predicted octanol–water partition coefficient (Wildman–Crippen LogP) is 0.712. The van der Waals surface area contributed by atoms with Crippen molar-refractivity contribution in [1.82, 2.24) is 23.7 Å². The largest absolute Gasteiger partial charge is 0.339 e. The number of rotatable bonds is 4. The van der Waals surface area contributed by atoms with Gasteiger partial charge in [0, 0.05) is 51.8 Å². The van der Waals surface area contributed by atoms with Gasteiger partial charge in [0.1, 0.15) is 0 Å². The normalized spacial score (nSPS) is 18.0. The first-order chi connectivity index (χ1) is 11.1. The molecule has 0 radical (unpaired) electrons. The van der Waals surface area contributed by atoms with Crippen molar-refractivity contribution >= 4 is 10.0 Å². The molecule has 124 valence electrons. The number of hydrogen-bond donors (Lipinski definition) is 0. The molecule has 0 spiro atoms. The molecule has 7 nitrogen and oxygen atoms in total. The molecule has 0 N–H and O–H groups in total. The lowest BCUT2D eigenvalue weighted by Gasteiger charge is -2.21. The van der Waals surface area contributed by atoms with E-state index in [0.717, 1.165) is 25.1 Å². The second kappa shape index (κ2) is 6.77. The van der Waals surface area contributed by atoms with Crippen LogP contribution in [0.15, 0.2) is 42.1 Å². The van der Waals surface area contributed by atoms with E-state index in [9.17, 15) is 8.42 Å². The van der Waals surface area contributed by atoms with Crippen molar-refractivity contribution in [2.45, 2.75) is 18.0 Å². The van der Waals surface area contributed by atoms with Crippen molar-refractivity contribution in [3.63, 3.8) is 0 Å². The smallest absolute Gasteiger partial charge is 0.262 e. The third-order valence-electron chi connectivity index (χ3n) is 3.96. The quantitative estimate of drug-likeness (QED) is 0.823. The summed E-state index contributed by atoms with van der Waals surface area (Å²) in [6.45, 7) is 3.40. The molecule has 2 aromatic rings. The summed E-state index contributed by atoms with van der Waals surface area (Å²) in [5.74, 6) is 0. The first-order valence-electron chi connectivity index (χ1n) is 7.65. The fourth-order valence-electron chi connectivity index (χ4n) is 2.75. The molecule has 8 heteroatoms. The van der Waals surface area contributed by atoms with Gasteiger partial charge in [-0.05, 0) is 24.6 Å². The molecule has 1 fully saturated rings. The van der Waals surface area contributed by atoms with Gasteiger partial charge in [0.15, 0.2) is 5.03 Å². The Bertz CT molecular complexity index is 744. The Morgan fingerprint density at radius 2 is 2.09 bits per heavy atom. The maximum Gasteiger partial charge on any atom is 0.262 e. The van der Waals surface area contributed by atoms with Crippen LogP contribution < -0.4 is 0 Å². The molecule has 0 saturated carbocycles. The van der Waals surface area contributed by atoms with E-state index in [-0.39, 0.29) is 5.03 Å². The summed E-state index contributed by atoms with van der Waals surface area (Å²) in [4.78, 5) is 10.4. The average molecular weight is 335 g/mol. The zero-order valence-electron chi connectivity index (χ0n) is 13.2. The zero-order valence-corrected chi connectivity index (χ0v) is 14.0. The first-order valence-corrected chi connectivity index (χ1v) is 9.09. The number of aromatic nitrogens is 3. The number of pyridine rings is 1. The number of aryl methyl sites for hydroxylation is 1. The minimum absolute atomic E-state index is 0.126. The Labute approximate surface area is 136 Å². The molecule has 1 saturated heterocycles. The van der Waals surface area contributed by atoms with Gasteiger partial charge in [-0.3, -0.25) is 9.88 Å². The third kappa shape index (κ3) is 3.77. The summed E-state index contributed by atoms with van der Waals surface area (Å²) in [6, 6.07) is 3.96. The van der Waals surface area contributed by atoms with Gasteiger partial charge in [-0.2, -0.15) is 4.31 Å². The van der Waals surface area contributed by atoms with Crippen molar-refractivity contribution in [1.29, 1.82) is 0 Å². The van der Waals surface area contributed by atoms with E-state index in [4.69, 9.17) is 0 Å². The summed E-state index contributed by atoms with van der Waals surface area (Å²) < 4.78 is 28.5. The molecule has 1 aliphatic heterocycles. The maximum atomic E-state index is 12.6. The zero-order chi connectivity index (χ0) is 16.3. The minimum Gasteiger partial charge on any atom is -0.339 e. The lowest BCUT2D eigenvalue weighted by atomic mass is 10.2. The van der Waals surface area contributed by atoms with Crippen LogP contribution in [0.5, 0.6) is 0 Å². The molecule has 1 aliphatic rings. The highest BCUT2D eigenvalue weighted by Crippen LogP contribution is 2.16. The minimum atomic E-state index is -3.50. The van der Waals surface area contributed by atoms with Crippen LogP contribution in [0.1, 0.15) is 12.0 Å². The van der Waals surface area contributed by atoms with E-state index < -0.39 is 10.0 Å². The van der Waals surface area contributed by atoms with Gasteiger partial charge in [-0.25, -0.2) is 13.4 Å². The SMILES string of the molecule is Cn1cnc(S(=O)(=O)N2CCCN(Cc3cccnc3)CC2)c1. The highest BCUT2D eigenvalue weighted by molar-refractivity contribution is 7.89. The van der Waals surface area contributed by atoms with Crippen molar-refractivity contribution in [2.75, 3.05) is 26.2 Å². The van der Waals surface area contributed by atoms with E-state index in [1.807, 2.05) is 18.3 Å². The van der Waals surface area contributed by atoms with Crippen molar-refractivity contribution in [3.05, 3.63) is 42.6 Å². The Morgan fingerprint density at radius 3 is 2.78 bits per heavy atom. The Balaban J connectivity index is 1.66. The second-order valence-corrected chi connectivity index (χ2v) is 7.66. The van der Waals surface area contributed by atoms with Crippen LogP contribution in [0.25, 0.3) is 0 Å². The van der Waals surface area contributed by atoms with Crippen LogP contribution in [0, 0.1) is 0 Å². The van der Waals surface area contributed by atoms with Crippen LogP contribution in [0.3, 0.4) is 0 Å². The topological polar surface area (TPSA) is 71.3 Å². The molecule has 0 aliphatic carbocycles. The average Bonchev–Trinajstić information content (AvgIpc) is 2.84. The van der Waals surface area contributed by atoms with Crippen molar-refractivity contribution in [2.24, 2.45) is 7.05 Å². The van der Waals surface area contributed by atoms with E-state index in [1.54, 1.807) is 28.3 Å². The van der Waals surface area contributed by atoms with E-state index in [0.29, 0.717) is 19.6 Å². The van der Waals surface area contributed by atoms with Crippen LogP contribution in [0.4, 0.5) is 0 Å².